The third-order valence-electron chi connectivity index (χ3n) is 6.27. The van der Waals surface area contributed by atoms with Crippen molar-refractivity contribution in [2.75, 3.05) is 25.2 Å². The summed E-state index contributed by atoms with van der Waals surface area (Å²) in [5.74, 6) is -1.30. The summed E-state index contributed by atoms with van der Waals surface area (Å²) in [4.78, 5) is 53.3. The predicted molar refractivity (Wildman–Crippen MR) is 137 cm³/mol. The highest BCUT2D eigenvalue weighted by molar-refractivity contribution is 6.08. The van der Waals surface area contributed by atoms with E-state index in [9.17, 15) is 19.2 Å². The Balaban J connectivity index is 1.62. The standard InChI is InChI=1S/C28H29N3O6/c1-16(26(34)36-6)29-24(32)17(2)31-15-21-19(8-7-9-20(21)25(31)33)18-10-11-22-23(14-18)37-13-12-30(22)27(35)28(3,4)5/h7-11,14H,1-2,12-13,15H2,3-6H3,(H,29,32). The Morgan fingerprint density at radius 3 is 2.43 bits per heavy atom. The number of carbonyl (C=O) groups excluding carboxylic acids is 4. The van der Waals surface area contributed by atoms with Crippen LogP contribution in [0.25, 0.3) is 11.1 Å². The van der Waals surface area contributed by atoms with Crippen LogP contribution >= 0.6 is 0 Å². The fourth-order valence-corrected chi connectivity index (χ4v) is 4.33. The zero-order valence-corrected chi connectivity index (χ0v) is 21.3. The lowest BCUT2D eigenvalue weighted by atomic mass is 9.93. The summed E-state index contributed by atoms with van der Waals surface area (Å²) in [5, 5.41) is 2.31. The third kappa shape index (κ3) is 4.72. The number of ether oxygens (including phenoxy) is 2. The van der Waals surface area contributed by atoms with Crippen molar-refractivity contribution in [1.82, 2.24) is 10.2 Å². The van der Waals surface area contributed by atoms with Crippen molar-refractivity contribution in [3.8, 4) is 16.9 Å². The van der Waals surface area contributed by atoms with E-state index in [4.69, 9.17) is 4.74 Å². The van der Waals surface area contributed by atoms with Crippen LogP contribution in [-0.4, -0.2) is 48.9 Å². The molecule has 2 aromatic carbocycles. The second-order valence-electron chi connectivity index (χ2n) is 9.83. The first kappa shape index (κ1) is 25.7. The van der Waals surface area contributed by atoms with Crippen LogP contribution in [0.15, 0.2) is 61.0 Å². The highest BCUT2D eigenvalue weighted by atomic mass is 16.5. The average Bonchev–Trinajstić information content (AvgIpc) is 3.22. The maximum Gasteiger partial charge on any atom is 0.353 e. The summed E-state index contributed by atoms with van der Waals surface area (Å²) in [7, 11) is 1.17. The molecule has 0 saturated heterocycles. The van der Waals surface area contributed by atoms with E-state index in [-0.39, 0.29) is 29.8 Å². The molecule has 2 aromatic rings. The van der Waals surface area contributed by atoms with Gasteiger partial charge in [0, 0.05) is 11.0 Å². The van der Waals surface area contributed by atoms with Gasteiger partial charge in [0.2, 0.25) is 5.91 Å². The van der Waals surface area contributed by atoms with Gasteiger partial charge < -0.3 is 19.7 Å². The summed E-state index contributed by atoms with van der Waals surface area (Å²) in [6.07, 6.45) is 0. The SMILES string of the molecule is C=C(NC(=O)C(=C)N1Cc2c(cccc2-c2ccc3c(c2)OCCN3C(=O)C(C)(C)C)C1=O)C(=O)OC. The number of rotatable bonds is 5. The molecule has 0 unspecified atom stereocenters. The summed E-state index contributed by atoms with van der Waals surface area (Å²) < 4.78 is 10.4. The van der Waals surface area contributed by atoms with Gasteiger partial charge in [-0.2, -0.15) is 0 Å². The van der Waals surface area contributed by atoms with E-state index in [1.54, 1.807) is 17.0 Å². The average molecular weight is 504 g/mol. The minimum atomic E-state index is -0.795. The minimum absolute atomic E-state index is 0.0123. The number of hydrogen-bond donors (Lipinski definition) is 1. The molecular weight excluding hydrogens is 474 g/mol. The second kappa shape index (κ2) is 9.57. The molecule has 37 heavy (non-hydrogen) atoms. The van der Waals surface area contributed by atoms with Gasteiger partial charge in [0.15, 0.2) is 0 Å². The normalized spacial score (nSPS) is 14.3. The van der Waals surface area contributed by atoms with Crippen LogP contribution in [0.4, 0.5) is 5.69 Å². The summed E-state index contributed by atoms with van der Waals surface area (Å²) in [6.45, 7) is 13.8. The van der Waals surface area contributed by atoms with Gasteiger partial charge in [-0.3, -0.25) is 19.3 Å². The Morgan fingerprint density at radius 2 is 1.76 bits per heavy atom. The lowest BCUT2D eigenvalue weighted by Crippen LogP contribution is -2.44. The van der Waals surface area contributed by atoms with Crippen molar-refractivity contribution in [2.45, 2.75) is 27.3 Å². The number of anilines is 1. The molecule has 0 aromatic heterocycles. The van der Waals surface area contributed by atoms with Crippen LogP contribution in [0.3, 0.4) is 0 Å². The van der Waals surface area contributed by atoms with Crippen LogP contribution in [0.5, 0.6) is 5.75 Å². The molecule has 1 N–H and O–H groups in total. The largest absolute Gasteiger partial charge is 0.490 e. The van der Waals surface area contributed by atoms with Gasteiger partial charge >= 0.3 is 5.97 Å². The number of nitrogens with one attached hydrogen (secondary N) is 1. The molecule has 2 heterocycles. The summed E-state index contributed by atoms with van der Waals surface area (Å²) >= 11 is 0. The Morgan fingerprint density at radius 1 is 1.05 bits per heavy atom. The molecule has 192 valence electrons. The molecule has 3 amide bonds. The van der Waals surface area contributed by atoms with Gasteiger partial charge in [0.1, 0.15) is 23.8 Å². The van der Waals surface area contributed by atoms with E-state index in [0.29, 0.717) is 30.2 Å². The molecule has 0 spiro atoms. The van der Waals surface area contributed by atoms with E-state index in [1.807, 2.05) is 45.0 Å². The van der Waals surface area contributed by atoms with E-state index in [1.165, 1.54) is 12.0 Å². The van der Waals surface area contributed by atoms with E-state index >= 15 is 0 Å². The first-order valence-electron chi connectivity index (χ1n) is 11.7. The number of esters is 1. The number of nitrogens with zero attached hydrogens (tertiary/aromatic N) is 2. The molecular formula is C28H29N3O6. The Kier molecular flexibility index (Phi) is 6.64. The smallest absolute Gasteiger partial charge is 0.353 e. The zero-order valence-electron chi connectivity index (χ0n) is 21.3. The van der Waals surface area contributed by atoms with Crippen LogP contribution < -0.4 is 15.0 Å². The molecule has 2 aliphatic heterocycles. The maximum atomic E-state index is 13.1. The van der Waals surface area contributed by atoms with Crippen LogP contribution in [0.1, 0.15) is 36.7 Å². The summed E-state index contributed by atoms with van der Waals surface area (Å²) in [6, 6.07) is 11.0. The fraction of sp³-hybridized carbons (Fsp3) is 0.286. The number of carbonyl (C=O) groups is 4. The van der Waals surface area contributed by atoms with Crippen LogP contribution in [-0.2, 0) is 25.7 Å². The topological polar surface area (TPSA) is 105 Å². The van der Waals surface area contributed by atoms with Gasteiger partial charge in [0.05, 0.1) is 25.9 Å². The second-order valence-corrected chi connectivity index (χ2v) is 9.83. The Hall–Kier alpha value is -4.40. The molecule has 9 heteroatoms. The van der Waals surface area contributed by atoms with Gasteiger partial charge in [-0.1, -0.05) is 52.1 Å². The molecule has 0 aliphatic carbocycles. The monoisotopic (exact) mass is 503 g/mol. The minimum Gasteiger partial charge on any atom is -0.490 e. The van der Waals surface area contributed by atoms with Gasteiger partial charge in [0.25, 0.3) is 11.8 Å². The molecule has 0 bridgehead atoms. The molecule has 4 rings (SSSR count). The Bertz CT molecular complexity index is 1350. The fourth-order valence-electron chi connectivity index (χ4n) is 4.33. The molecule has 0 saturated carbocycles. The van der Waals surface area contributed by atoms with Crippen molar-refractivity contribution in [3.05, 3.63) is 72.1 Å². The van der Waals surface area contributed by atoms with Crippen LogP contribution in [0.2, 0.25) is 0 Å². The van der Waals surface area contributed by atoms with Crippen molar-refractivity contribution in [1.29, 1.82) is 0 Å². The molecule has 2 aliphatic rings. The highest BCUT2D eigenvalue weighted by Crippen LogP contribution is 2.40. The van der Waals surface area contributed by atoms with Gasteiger partial charge in [-0.25, -0.2) is 4.79 Å². The first-order valence-corrected chi connectivity index (χ1v) is 11.7. The lowest BCUT2D eigenvalue weighted by molar-refractivity contribution is -0.137. The number of hydrogen-bond acceptors (Lipinski definition) is 6. The van der Waals surface area contributed by atoms with E-state index in [0.717, 1.165) is 16.7 Å². The number of amides is 3. The zero-order chi connectivity index (χ0) is 27.1. The lowest BCUT2D eigenvalue weighted by Gasteiger charge is -2.34. The van der Waals surface area contributed by atoms with Crippen molar-refractivity contribution in [3.63, 3.8) is 0 Å². The molecule has 9 nitrogen and oxygen atoms in total. The van der Waals surface area contributed by atoms with E-state index < -0.39 is 17.3 Å². The molecule has 0 atom stereocenters. The Labute approximate surface area is 215 Å². The maximum absolute atomic E-state index is 13.1. The number of methoxy groups -OCH3 is 1. The first-order chi connectivity index (χ1) is 17.4. The van der Waals surface area contributed by atoms with Crippen LogP contribution in [0, 0.1) is 5.41 Å². The quantitative estimate of drug-likeness (QED) is 0.495. The van der Waals surface area contributed by atoms with Crippen molar-refractivity contribution >= 4 is 29.4 Å². The molecule has 0 fully saturated rings. The van der Waals surface area contributed by atoms with E-state index in [2.05, 4.69) is 23.2 Å². The third-order valence-corrected chi connectivity index (χ3v) is 6.27. The molecule has 0 radical (unpaired) electrons. The summed E-state index contributed by atoms with van der Waals surface area (Å²) in [5.41, 5.74) is 2.57. The van der Waals surface area contributed by atoms with Gasteiger partial charge in [-0.15, -0.1) is 0 Å². The highest BCUT2D eigenvalue weighted by Gasteiger charge is 2.35. The van der Waals surface area contributed by atoms with Crippen molar-refractivity contribution < 1.29 is 28.7 Å². The van der Waals surface area contributed by atoms with Gasteiger partial charge in [-0.05, 0) is 34.9 Å². The van der Waals surface area contributed by atoms with Crippen molar-refractivity contribution in [2.24, 2.45) is 5.41 Å². The number of fused-ring (bicyclic) bond motifs is 2. The number of benzene rings is 2. The predicted octanol–water partition coefficient (Wildman–Crippen LogP) is 3.40.